The summed E-state index contributed by atoms with van der Waals surface area (Å²) in [7, 11) is 0. The van der Waals surface area contributed by atoms with Crippen molar-refractivity contribution in [1.29, 1.82) is 0 Å². The van der Waals surface area contributed by atoms with Crippen LogP contribution in [0.1, 0.15) is 18.4 Å². The van der Waals surface area contributed by atoms with Crippen molar-refractivity contribution in [1.82, 2.24) is 4.90 Å². The minimum atomic E-state index is -0.904. The predicted molar refractivity (Wildman–Crippen MR) is 81.5 cm³/mol. The first-order valence-electron chi connectivity index (χ1n) is 7.08. The fourth-order valence-corrected chi connectivity index (χ4v) is 2.25. The molecule has 1 aliphatic heterocycles. The highest BCUT2D eigenvalue weighted by molar-refractivity contribution is 5.92. The van der Waals surface area contributed by atoms with Gasteiger partial charge in [0.25, 0.3) is 0 Å². The second kappa shape index (κ2) is 6.92. The van der Waals surface area contributed by atoms with E-state index in [2.05, 4.69) is 6.08 Å². The molecule has 21 heavy (non-hydrogen) atoms. The second-order valence-corrected chi connectivity index (χ2v) is 5.12. The Bertz CT molecular complexity index is 537. The van der Waals surface area contributed by atoms with Gasteiger partial charge < -0.3 is 10.0 Å². The van der Waals surface area contributed by atoms with E-state index in [1.54, 1.807) is 9.80 Å². The third kappa shape index (κ3) is 4.08. The summed E-state index contributed by atoms with van der Waals surface area (Å²) in [4.78, 5) is 26.7. The Kier molecular flexibility index (Phi) is 4.98. The molecule has 0 spiro atoms. The largest absolute Gasteiger partial charge is 0.481 e. The fraction of sp³-hybridized carbons (Fsp3) is 0.375. The second-order valence-electron chi connectivity index (χ2n) is 5.12. The molecule has 0 fully saturated rings. The SMILES string of the molecule is Cc1ccc(N(CCC(=O)O)C(=O)N2CC=CCC2)cc1. The minimum Gasteiger partial charge on any atom is -0.481 e. The smallest absolute Gasteiger partial charge is 0.324 e. The molecule has 0 atom stereocenters. The Hall–Kier alpha value is -2.30. The third-order valence-corrected chi connectivity index (χ3v) is 3.45. The van der Waals surface area contributed by atoms with Crippen molar-refractivity contribution in [3.8, 4) is 0 Å². The number of carboxylic acid groups (broad SMARTS) is 1. The summed E-state index contributed by atoms with van der Waals surface area (Å²) in [6, 6.07) is 7.42. The molecule has 0 aliphatic carbocycles. The Labute approximate surface area is 124 Å². The average Bonchev–Trinajstić information content (AvgIpc) is 2.49. The molecule has 1 heterocycles. The van der Waals surface area contributed by atoms with Gasteiger partial charge in [-0.3, -0.25) is 9.69 Å². The molecule has 2 amide bonds. The fourth-order valence-electron chi connectivity index (χ4n) is 2.25. The molecular weight excluding hydrogens is 268 g/mol. The van der Waals surface area contributed by atoms with Crippen LogP contribution in [0, 0.1) is 6.92 Å². The Morgan fingerprint density at radius 1 is 1.24 bits per heavy atom. The van der Waals surface area contributed by atoms with Crippen molar-refractivity contribution in [2.24, 2.45) is 0 Å². The van der Waals surface area contributed by atoms with Gasteiger partial charge in [0.1, 0.15) is 0 Å². The van der Waals surface area contributed by atoms with Crippen molar-refractivity contribution in [3.63, 3.8) is 0 Å². The van der Waals surface area contributed by atoms with Crippen molar-refractivity contribution in [3.05, 3.63) is 42.0 Å². The molecule has 5 nitrogen and oxygen atoms in total. The van der Waals surface area contributed by atoms with Gasteiger partial charge in [0.05, 0.1) is 6.42 Å². The van der Waals surface area contributed by atoms with E-state index >= 15 is 0 Å². The molecule has 1 aromatic rings. The van der Waals surface area contributed by atoms with Crippen molar-refractivity contribution < 1.29 is 14.7 Å². The number of amides is 2. The van der Waals surface area contributed by atoms with Gasteiger partial charge in [0.15, 0.2) is 0 Å². The van der Waals surface area contributed by atoms with Crippen LogP contribution < -0.4 is 4.90 Å². The van der Waals surface area contributed by atoms with E-state index in [4.69, 9.17) is 5.11 Å². The third-order valence-electron chi connectivity index (χ3n) is 3.45. The van der Waals surface area contributed by atoms with Crippen LogP contribution in [0.15, 0.2) is 36.4 Å². The van der Waals surface area contributed by atoms with E-state index in [-0.39, 0.29) is 19.0 Å². The van der Waals surface area contributed by atoms with E-state index in [0.717, 1.165) is 17.7 Å². The number of hydrogen-bond donors (Lipinski definition) is 1. The van der Waals surface area contributed by atoms with Gasteiger partial charge in [0.2, 0.25) is 0 Å². The summed E-state index contributed by atoms with van der Waals surface area (Å²) < 4.78 is 0. The van der Waals surface area contributed by atoms with Gasteiger partial charge in [-0.05, 0) is 25.5 Å². The lowest BCUT2D eigenvalue weighted by atomic mass is 10.2. The van der Waals surface area contributed by atoms with Gasteiger partial charge in [-0.2, -0.15) is 0 Å². The molecule has 0 saturated carbocycles. The number of aryl methyl sites for hydroxylation is 1. The van der Waals surface area contributed by atoms with Crippen LogP contribution in [0.5, 0.6) is 0 Å². The first kappa shape index (κ1) is 15.1. The lowest BCUT2D eigenvalue weighted by Crippen LogP contribution is -2.45. The monoisotopic (exact) mass is 288 g/mol. The van der Waals surface area contributed by atoms with Gasteiger partial charge in [0, 0.05) is 25.3 Å². The lowest BCUT2D eigenvalue weighted by molar-refractivity contribution is -0.136. The Morgan fingerprint density at radius 3 is 2.52 bits per heavy atom. The number of aliphatic carboxylic acids is 1. The highest BCUT2D eigenvalue weighted by atomic mass is 16.4. The highest BCUT2D eigenvalue weighted by Crippen LogP contribution is 2.18. The Morgan fingerprint density at radius 2 is 1.95 bits per heavy atom. The maximum Gasteiger partial charge on any atom is 0.324 e. The van der Waals surface area contributed by atoms with Crippen molar-refractivity contribution in [2.75, 3.05) is 24.5 Å². The van der Waals surface area contributed by atoms with Crippen LogP contribution in [0.25, 0.3) is 0 Å². The molecule has 0 radical (unpaired) electrons. The normalized spacial score (nSPS) is 14.0. The number of carbonyl (C=O) groups is 2. The molecule has 0 unspecified atom stereocenters. The summed E-state index contributed by atoms with van der Waals surface area (Å²) in [5.74, 6) is -0.904. The number of anilines is 1. The van der Waals surface area contributed by atoms with Crippen LogP contribution >= 0.6 is 0 Å². The quantitative estimate of drug-likeness (QED) is 0.866. The number of urea groups is 1. The highest BCUT2D eigenvalue weighted by Gasteiger charge is 2.22. The standard InChI is InChI=1S/C16H20N2O3/c1-13-5-7-14(8-6-13)18(12-9-15(19)20)16(21)17-10-3-2-4-11-17/h2-3,5-8H,4,9-12H2,1H3,(H,19,20). The van der Waals surface area contributed by atoms with Crippen LogP contribution in [0.4, 0.5) is 10.5 Å². The van der Waals surface area contributed by atoms with E-state index in [1.807, 2.05) is 37.3 Å². The van der Waals surface area contributed by atoms with Gasteiger partial charge >= 0.3 is 12.0 Å². The van der Waals surface area contributed by atoms with E-state index in [1.165, 1.54) is 0 Å². The molecule has 112 valence electrons. The lowest BCUT2D eigenvalue weighted by Gasteiger charge is -2.31. The van der Waals surface area contributed by atoms with E-state index in [9.17, 15) is 9.59 Å². The minimum absolute atomic E-state index is 0.0662. The maximum atomic E-state index is 12.6. The van der Waals surface area contributed by atoms with Crippen LogP contribution in [0.2, 0.25) is 0 Å². The van der Waals surface area contributed by atoms with Gasteiger partial charge in [-0.1, -0.05) is 29.8 Å². The van der Waals surface area contributed by atoms with Crippen molar-refractivity contribution >= 4 is 17.7 Å². The molecule has 1 aromatic carbocycles. The Balaban J connectivity index is 2.18. The zero-order chi connectivity index (χ0) is 15.2. The van der Waals surface area contributed by atoms with Crippen LogP contribution in [0.3, 0.4) is 0 Å². The summed E-state index contributed by atoms with van der Waals surface area (Å²) in [6.45, 7) is 3.40. The predicted octanol–water partition coefficient (Wildman–Crippen LogP) is 2.66. The molecule has 0 saturated heterocycles. The molecule has 1 N–H and O–H groups in total. The van der Waals surface area contributed by atoms with Gasteiger partial charge in [-0.25, -0.2) is 4.79 Å². The molecule has 2 rings (SSSR count). The number of carboxylic acids is 1. The van der Waals surface area contributed by atoms with Crippen molar-refractivity contribution in [2.45, 2.75) is 19.8 Å². The van der Waals surface area contributed by atoms with Crippen LogP contribution in [-0.2, 0) is 4.79 Å². The number of benzene rings is 1. The number of rotatable bonds is 4. The maximum absolute atomic E-state index is 12.6. The first-order chi connectivity index (χ1) is 10.1. The number of carbonyl (C=O) groups excluding carboxylic acids is 1. The zero-order valence-electron chi connectivity index (χ0n) is 12.2. The summed E-state index contributed by atoms with van der Waals surface area (Å²) in [5, 5.41) is 8.88. The van der Waals surface area contributed by atoms with E-state index in [0.29, 0.717) is 13.1 Å². The summed E-state index contributed by atoms with van der Waals surface area (Å²) in [6.07, 6.45) is 4.79. The zero-order valence-corrected chi connectivity index (χ0v) is 12.2. The number of nitrogens with zero attached hydrogens (tertiary/aromatic N) is 2. The summed E-state index contributed by atoms with van der Waals surface area (Å²) >= 11 is 0. The average molecular weight is 288 g/mol. The molecule has 5 heteroatoms. The molecule has 1 aliphatic rings. The topological polar surface area (TPSA) is 60.9 Å². The summed E-state index contributed by atoms with van der Waals surface area (Å²) in [5.41, 5.74) is 1.84. The molecular formula is C16H20N2O3. The van der Waals surface area contributed by atoms with E-state index < -0.39 is 5.97 Å². The van der Waals surface area contributed by atoms with Crippen LogP contribution in [-0.4, -0.2) is 41.6 Å². The van der Waals surface area contributed by atoms with Gasteiger partial charge in [-0.15, -0.1) is 0 Å². The first-order valence-corrected chi connectivity index (χ1v) is 7.08. The molecule has 0 bridgehead atoms. The number of hydrogen-bond acceptors (Lipinski definition) is 2. The molecule has 0 aromatic heterocycles.